The largest absolute Gasteiger partial charge is 0.481 e. The summed E-state index contributed by atoms with van der Waals surface area (Å²) in [5.74, 6) is -0.888. The average molecular weight is 164 g/mol. The highest BCUT2D eigenvalue weighted by Crippen LogP contribution is 1.90. The summed E-state index contributed by atoms with van der Waals surface area (Å²) in [4.78, 5) is 17.6. The third-order valence-corrected chi connectivity index (χ3v) is 0.949. The Hall–Kier alpha value is -0.684. The van der Waals surface area contributed by atoms with Crippen LogP contribution >= 0.6 is 0 Å². The number of hydrogen-bond donors (Lipinski definition) is 1. The van der Waals surface area contributed by atoms with Crippen molar-refractivity contribution in [3.8, 4) is 0 Å². The molecule has 1 rings (SSSR count). The first-order chi connectivity index (χ1) is 4.79. The van der Waals surface area contributed by atoms with Gasteiger partial charge in [0.05, 0.1) is 12.1 Å². The van der Waals surface area contributed by atoms with Gasteiger partial charge in [0.1, 0.15) is 0 Å². The molecule has 11 heavy (non-hydrogen) atoms. The first-order valence-electron chi connectivity index (χ1n) is 2.76. The fourth-order valence-corrected chi connectivity index (χ4v) is 0.576. The van der Waals surface area contributed by atoms with E-state index in [9.17, 15) is 4.79 Å². The first kappa shape index (κ1) is 10.3. The van der Waals surface area contributed by atoms with Crippen molar-refractivity contribution in [1.82, 2.24) is 9.97 Å². The van der Waals surface area contributed by atoms with E-state index in [1.165, 1.54) is 18.6 Å². The third-order valence-electron chi connectivity index (χ3n) is 0.949. The highest BCUT2D eigenvalue weighted by atomic mass is 24.3. The standard InChI is InChI=1S/C6H6N2O2.Mg.2H/c9-6(10)3-5-4-7-1-2-8-5;;;/h1-2,4H,3H2,(H,9,10);;;. The van der Waals surface area contributed by atoms with Crippen LogP contribution in [0.4, 0.5) is 0 Å². The van der Waals surface area contributed by atoms with E-state index in [0.29, 0.717) is 5.69 Å². The van der Waals surface area contributed by atoms with Crippen molar-refractivity contribution < 1.29 is 9.90 Å². The molecule has 0 fully saturated rings. The molecule has 0 aromatic carbocycles. The van der Waals surface area contributed by atoms with Crippen LogP contribution in [0.5, 0.6) is 0 Å². The van der Waals surface area contributed by atoms with Crippen LogP contribution in [-0.2, 0) is 11.2 Å². The zero-order valence-corrected chi connectivity index (χ0v) is 5.19. The van der Waals surface area contributed by atoms with Gasteiger partial charge in [0.15, 0.2) is 0 Å². The Morgan fingerprint density at radius 2 is 2.27 bits per heavy atom. The van der Waals surface area contributed by atoms with E-state index in [0.717, 1.165) is 0 Å². The van der Waals surface area contributed by atoms with Gasteiger partial charge in [-0.3, -0.25) is 14.8 Å². The summed E-state index contributed by atoms with van der Waals surface area (Å²) in [6.07, 6.45) is 4.35. The highest BCUT2D eigenvalue weighted by molar-refractivity contribution is 5.75. The van der Waals surface area contributed by atoms with Gasteiger partial charge >= 0.3 is 29.0 Å². The molecule has 1 heterocycles. The van der Waals surface area contributed by atoms with Crippen LogP contribution in [0.15, 0.2) is 18.6 Å². The first-order valence-corrected chi connectivity index (χ1v) is 2.76. The van der Waals surface area contributed by atoms with E-state index in [-0.39, 0.29) is 29.5 Å². The molecular weight excluding hydrogens is 156 g/mol. The van der Waals surface area contributed by atoms with Crippen LogP contribution in [0, 0.1) is 0 Å². The van der Waals surface area contributed by atoms with Crippen molar-refractivity contribution in [2.45, 2.75) is 6.42 Å². The smallest absolute Gasteiger partial charge is 0.316 e. The monoisotopic (exact) mass is 164 g/mol. The van der Waals surface area contributed by atoms with Gasteiger partial charge in [0, 0.05) is 18.6 Å². The van der Waals surface area contributed by atoms with Gasteiger partial charge in [0.25, 0.3) is 0 Å². The van der Waals surface area contributed by atoms with Gasteiger partial charge in [-0.2, -0.15) is 0 Å². The number of aromatic nitrogens is 2. The Morgan fingerprint density at radius 1 is 1.55 bits per heavy atom. The zero-order chi connectivity index (χ0) is 7.40. The van der Waals surface area contributed by atoms with Crippen LogP contribution in [0.25, 0.3) is 0 Å². The number of carboxylic acids is 1. The molecule has 0 aliphatic heterocycles. The molecule has 1 N–H and O–H groups in total. The molecular formula is C6H8MgN2O2. The molecule has 0 unspecified atom stereocenters. The summed E-state index contributed by atoms with van der Waals surface area (Å²) in [5.41, 5.74) is 0.481. The molecule has 0 aliphatic carbocycles. The van der Waals surface area contributed by atoms with Crippen molar-refractivity contribution in [2.24, 2.45) is 0 Å². The molecule has 0 amide bonds. The minimum atomic E-state index is -0.888. The molecule has 0 saturated heterocycles. The molecule has 1 aromatic rings. The maximum absolute atomic E-state index is 10.1. The molecule has 1 aromatic heterocycles. The van der Waals surface area contributed by atoms with Crippen molar-refractivity contribution in [3.63, 3.8) is 0 Å². The van der Waals surface area contributed by atoms with E-state index in [2.05, 4.69) is 9.97 Å². The summed E-state index contributed by atoms with van der Waals surface area (Å²) in [5, 5.41) is 8.30. The lowest BCUT2D eigenvalue weighted by atomic mass is 10.3. The van der Waals surface area contributed by atoms with E-state index in [1.807, 2.05) is 0 Å². The van der Waals surface area contributed by atoms with Crippen LogP contribution < -0.4 is 0 Å². The molecule has 0 aliphatic rings. The molecule has 0 saturated carbocycles. The topological polar surface area (TPSA) is 63.1 Å². The lowest BCUT2D eigenvalue weighted by Gasteiger charge is -1.90. The Kier molecular flexibility index (Phi) is 4.72. The van der Waals surface area contributed by atoms with Gasteiger partial charge in [-0.25, -0.2) is 0 Å². The van der Waals surface area contributed by atoms with Crippen molar-refractivity contribution >= 4 is 29.0 Å². The normalized spacial score (nSPS) is 8.36. The Morgan fingerprint density at radius 3 is 2.73 bits per heavy atom. The summed E-state index contributed by atoms with van der Waals surface area (Å²) in [6.45, 7) is 0. The van der Waals surface area contributed by atoms with Gasteiger partial charge in [0.2, 0.25) is 0 Å². The molecule has 0 radical (unpaired) electrons. The number of hydrogen-bond acceptors (Lipinski definition) is 3. The Bertz CT molecular complexity index is 227. The third kappa shape index (κ3) is 3.89. The summed E-state index contributed by atoms with van der Waals surface area (Å²) >= 11 is 0. The van der Waals surface area contributed by atoms with Crippen LogP contribution in [-0.4, -0.2) is 44.1 Å². The maximum Gasteiger partial charge on any atom is 0.316 e. The predicted octanol–water partition coefficient (Wildman–Crippen LogP) is -0.812. The van der Waals surface area contributed by atoms with Gasteiger partial charge < -0.3 is 5.11 Å². The fraction of sp³-hybridized carbons (Fsp3) is 0.167. The maximum atomic E-state index is 10.1. The van der Waals surface area contributed by atoms with E-state index in [1.54, 1.807) is 0 Å². The number of aliphatic carboxylic acids is 1. The summed E-state index contributed by atoms with van der Waals surface area (Å²) < 4.78 is 0. The van der Waals surface area contributed by atoms with Gasteiger partial charge in [-0.05, 0) is 0 Å². The second-order valence-corrected chi connectivity index (χ2v) is 1.77. The van der Waals surface area contributed by atoms with E-state index in [4.69, 9.17) is 5.11 Å². The second-order valence-electron chi connectivity index (χ2n) is 1.77. The molecule has 5 heteroatoms. The predicted molar refractivity (Wildman–Crippen MR) is 41.9 cm³/mol. The fourth-order valence-electron chi connectivity index (χ4n) is 0.576. The molecule has 0 bridgehead atoms. The highest BCUT2D eigenvalue weighted by Gasteiger charge is 1.98. The average Bonchev–Trinajstić information content (AvgIpc) is 1.88. The number of carbonyl (C=O) groups is 1. The molecule has 56 valence electrons. The van der Waals surface area contributed by atoms with E-state index >= 15 is 0 Å². The Labute approximate surface area is 79.8 Å². The van der Waals surface area contributed by atoms with E-state index < -0.39 is 5.97 Å². The number of rotatable bonds is 2. The minimum absolute atomic E-state index is 0. The lowest BCUT2D eigenvalue weighted by molar-refractivity contribution is -0.136. The minimum Gasteiger partial charge on any atom is -0.481 e. The summed E-state index contributed by atoms with van der Waals surface area (Å²) in [6, 6.07) is 0. The quantitative estimate of drug-likeness (QED) is 0.581. The van der Waals surface area contributed by atoms with Crippen LogP contribution in [0.1, 0.15) is 5.69 Å². The Balaban J connectivity index is 0.000001000. The van der Waals surface area contributed by atoms with Crippen molar-refractivity contribution in [2.75, 3.05) is 0 Å². The lowest BCUT2D eigenvalue weighted by Crippen LogP contribution is -2.01. The molecule has 4 nitrogen and oxygen atoms in total. The van der Waals surface area contributed by atoms with Gasteiger partial charge in [-0.1, -0.05) is 0 Å². The second kappa shape index (κ2) is 5.03. The van der Waals surface area contributed by atoms with Crippen LogP contribution in [0.2, 0.25) is 0 Å². The number of nitrogens with zero attached hydrogens (tertiary/aromatic N) is 2. The zero-order valence-electron chi connectivity index (χ0n) is 5.19. The molecule has 0 spiro atoms. The van der Waals surface area contributed by atoms with Crippen molar-refractivity contribution in [1.29, 1.82) is 0 Å². The molecule has 0 atom stereocenters. The van der Waals surface area contributed by atoms with Gasteiger partial charge in [-0.15, -0.1) is 0 Å². The SMILES string of the molecule is O=C(O)Cc1cnccn1.[MgH2]. The van der Waals surface area contributed by atoms with Crippen LogP contribution in [0.3, 0.4) is 0 Å². The summed E-state index contributed by atoms with van der Waals surface area (Å²) in [7, 11) is 0. The van der Waals surface area contributed by atoms with Crippen molar-refractivity contribution in [3.05, 3.63) is 24.3 Å². The number of carboxylic acid groups (broad SMARTS) is 1.